The molecule has 0 spiro atoms. The van der Waals surface area contributed by atoms with Gasteiger partial charge < -0.3 is 4.98 Å². The maximum absolute atomic E-state index is 4.10. The monoisotopic (exact) mass is 145 g/mol. The van der Waals surface area contributed by atoms with Crippen LogP contribution in [0, 0.1) is 0 Å². The van der Waals surface area contributed by atoms with Crippen LogP contribution in [0.15, 0.2) is 25.2 Å². The fourth-order valence-electron chi connectivity index (χ4n) is 0.957. The maximum atomic E-state index is 4.10. The van der Waals surface area contributed by atoms with Gasteiger partial charge in [0.05, 0.1) is 11.8 Å². The average Bonchev–Trinajstić information content (AvgIpc) is 2.50. The number of fused-ring (bicyclic) bond motifs is 1. The summed E-state index contributed by atoms with van der Waals surface area (Å²) < 4.78 is 0. The van der Waals surface area contributed by atoms with Gasteiger partial charge in [0, 0.05) is 6.20 Å². The Morgan fingerprint density at radius 2 is 2.36 bits per heavy atom. The quantitative estimate of drug-likeness (QED) is 0.662. The zero-order valence-corrected chi connectivity index (χ0v) is 5.91. The second-order valence-corrected chi connectivity index (χ2v) is 2.25. The van der Waals surface area contributed by atoms with E-state index >= 15 is 0 Å². The van der Waals surface area contributed by atoms with Crippen LogP contribution in [0.4, 0.5) is 0 Å². The SMILES string of the molecule is C=Cc1cnc2nc[nH]c2c1. The maximum Gasteiger partial charge on any atom is 0.177 e. The van der Waals surface area contributed by atoms with E-state index in [2.05, 4.69) is 21.5 Å². The predicted octanol–water partition coefficient (Wildman–Crippen LogP) is 1.60. The van der Waals surface area contributed by atoms with E-state index in [0.29, 0.717) is 0 Å². The molecule has 2 heterocycles. The van der Waals surface area contributed by atoms with Crippen LogP contribution in [0.5, 0.6) is 0 Å². The Morgan fingerprint density at radius 1 is 1.45 bits per heavy atom. The molecule has 0 atom stereocenters. The molecule has 0 aliphatic rings. The van der Waals surface area contributed by atoms with Gasteiger partial charge in [-0.2, -0.15) is 0 Å². The van der Waals surface area contributed by atoms with E-state index in [9.17, 15) is 0 Å². The first-order valence-electron chi connectivity index (χ1n) is 3.32. The number of imidazole rings is 1. The molecule has 0 amide bonds. The second-order valence-electron chi connectivity index (χ2n) is 2.25. The van der Waals surface area contributed by atoms with E-state index in [4.69, 9.17) is 0 Å². The molecule has 3 nitrogen and oxygen atoms in total. The minimum atomic E-state index is 0.746. The molecule has 11 heavy (non-hydrogen) atoms. The first-order chi connectivity index (χ1) is 5.40. The van der Waals surface area contributed by atoms with Crippen molar-refractivity contribution in [2.45, 2.75) is 0 Å². The molecule has 0 aromatic carbocycles. The van der Waals surface area contributed by atoms with Crippen LogP contribution in [-0.4, -0.2) is 15.0 Å². The smallest absolute Gasteiger partial charge is 0.177 e. The molecular weight excluding hydrogens is 138 g/mol. The van der Waals surface area contributed by atoms with Gasteiger partial charge in [0.2, 0.25) is 0 Å². The van der Waals surface area contributed by atoms with Gasteiger partial charge in [-0.3, -0.25) is 0 Å². The number of nitrogens with one attached hydrogen (secondary N) is 1. The minimum absolute atomic E-state index is 0.746. The van der Waals surface area contributed by atoms with Crippen LogP contribution in [0.2, 0.25) is 0 Å². The van der Waals surface area contributed by atoms with Gasteiger partial charge in [0.15, 0.2) is 5.65 Å². The topological polar surface area (TPSA) is 41.6 Å². The van der Waals surface area contributed by atoms with Gasteiger partial charge in [0.1, 0.15) is 0 Å². The van der Waals surface area contributed by atoms with Gasteiger partial charge in [-0.15, -0.1) is 0 Å². The summed E-state index contributed by atoms with van der Waals surface area (Å²) in [5, 5.41) is 0. The molecule has 0 radical (unpaired) electrons. The summed E-state index contributed by atoms with van der Waals surface area (Å²) in [7, 11) is 0. The molecule has 3 heteroatoms. The lowest BCUT2D eigenvalue weighted by Crippen LogP contribution is -1.78. The normalized spacial score (nSPS) is 10.2. The number of rotatable bonds is 1. The van der Waals surface area contributed by atoms with E-state index in [1.807, 2.05) is 6.07 Å². The lowest BCUT2D eigenvalue weighted by Gasteiger charge is -1.89. The van der Waals surface area contributed by atoms with Crippen molar-refractivity contribution in [1.29, 1.82) is 0 Å². The zero-order valence-electron chi connectivity index (χ0n) is 5.91. The second kappa shape index (κ2) is 2.20. The number of aromatic nitrogens is 3. The van der Waals surface area contributed by atoms with Crippen molar-refractivity contribution in [2.75, 3.05) is 0 Å². The molecule has 0 aliphatic heterocycles. The molecule has 0 aliphatic carbocycles. The third-order valence-corrected chi connectivity index (χ3v) is 1.53. The number of hydrogen-bond acceptors (Lipinski definition) is 2. The summed E-state index contributed by atoms with van der Waals surface area (Å²) in [5.41, 5.74) is 2.69. The molecule has 2 rings (SSSR count). The van der Waals surface area contributed by atoms with E-state index < -0.39 is 0 Å². The van der Waals surface area contributed by atoms with Crippen LogP contribution < -0.4 is 0 Å². The van der Waals surface area contributed by atoms with Crippen molar-refractivity contribution in [3.63, 3.8) is 0 Å². The number of H-pyrrole nitrogens is 1. The first-order valence-corrected chi connectivity index (χ1v) is 3.32. The van der Waals surface area contributed by atoms with Crippen molar-refractivity contribution in [3.8, 4) is 0 Å². The van der Waals surface area contributed by atoms with E-state index in [1.54, 1.807) is 18.6 Å². The third-order valence-electron chi connectivity index (χ3n) is 1.53. The number of aromatic amines is 1. The summed E-state index contributed by atoms with van der Waals surface area (Å²) in [4.78, 5) is 11.1. The Morgan fingerprint density at radius 3 is 3.18 bits per heavy atom. The zero-order chi connectivity index (χ0) is 7.68. The highest BCUT2D eigenvalue weighted by Gasteiger charge is 1.95. The van der Waals surface area contributed by atoms with Crippen LogP contribution in [0.1, 0.15) is 5.56 Å². The Balaban J connectivity index is 2.76. The highest BCUT2D eigenvalue weighted by molar-refractivity contribution is 5.72. The molecule has 0 saturated heterocycles. The lowest BCUT2D eigenvalue weighted by atomic mass is 10.3. The third kappa shape index (κ3) is 0.902. The molecular formula is C8H7N3. The predicted molar refractivity (Wildman–Crippen MR) is 44.0 cm³/mol. The molecule has 0 unspecified atom stereocenters. The summed E-state index contributed by atoms with van der Waals surface area (Å²) in [6.45, 7) is 3.65. The molecule has 0 saturated carbocycles. The van der Waals surface area contributed by atoms with Gasteiger partial charge >= 0.3 is 0 Å². The fraction of sp³-hybridized carbons (Fsp3) is 0. The van der Waals surface area contributed by atoms with Crippen molar-refractivity contribution >= 4 is 17.2 Å². The van der Waals surface area contributed by atoms with Gasteiger partial charge in [-0.05, 0) is 11.6 Å². The summed E-state index contributed by atoms with van der Waals surface area (Å²) in [6, 6.07) is 1.96. The van der Waals surface area contributed by atoms with Crippen LogP contribution in [0.25, 0.3) is 17.2 Å². The minimum Gasteiger partial charge on any atom is -0.343 e. The van der Waals surface area contributed by atoms with Crippen LogP contribution >= 0.6 is 0 Å². The molecule has 0 fully saturated rings. The molecule has 0 bridgehead atoms. The summed E-state index contributed by atoms with van der Waals surface area (Å²) >= 11 is 0. The molecule has 54 valence electrons. The largest absolute Gasteiger partial charge is 0.343 e. The van der Waals surface area contributed by atoms with Crippen molar-refractivity contribution in [3.05, 3.63) is 30.7 Å². The van der Waals surface area contributed by atoms with Crippen LogP contribution in [0.3, 0.4) is 0 Å². The highest BCUT2D eigenvalue weighted by Crippen LogP contribution is 2.08. The van der Waals surface area contributed by atoms with Crippen LogP contribution in [-0.2, 0) is 0 Å². The molecule has 2 aromatic heterocycles. The van der Waals surface area contributed by atoms with E-state index in [1.165, 1.54) is 0 Å². The summed E-state index contributed by atoms with van der Waals surface area (Å²) in [5.74, 6) is 0. The average molecular weight is 145 g/mol. The van der Waals surface area contributed by atoms with E-state index in [-0.39, 0.29) is 0 Å². The van der Waals surface area contributed by atoms with Gasteiger partial charge in [0.25, 0.3) is 0 Å². The standard InChI is InChI=1S/C8H7N3/c1-2-6-3-7-8(9-4-6)11-5-10-7/h2-5H,1H2,(H,9,10,11). The Hall–Kier alpha value is -1.64. The lowest BCUT2D eigenvalue weighted by molar-refractivity contribution is 1.30. The van der Waals surface area contributed by atoms with Crippen molar-refractivity contribution in [2.24, 2.45) is 0 Å². The number of hydrogen-bond donors (Lipinski definition) is 1. The van der Waals surface area contributed by atoms with Crippen molar-refractivity contribution < 1.29 is 0 Å². The van der Waals surface area contributed by atoms with Gasteiger partial charge in [-0.25, -0.2) is 9.97 Å². The molecule has 2 aromatic rings. The summed E-state index contributed by atoms with van der Waals surface area (Å²) in [6.07, 6.45) is 5.13. The number of nitrogens with zero attached hydrogens (tertiary/aromatic N) is 2. The Kier molecular flexibility index (Phi) is 1.22. The Labute approximate surface area is 63.8 Å². The van der Waals surface area contributed by atoms with Gasteiger partial charge in [-0.1, -0.05) is 12.7 Å². The Bertz CT molecular complexity index is 389. The molecule has 1 N–H and O–H groups in total. The highest BCUT2D eigenvalue weighted by atomic mass is 14.9. The van der Waals surface area contributed by atoms with E-state index in [0.717, 1.165) is 16.7 Å². The fourth-order valence-corrected chi connectivity index (χ4v) is 0.957. The van der Waals surface area contributed by atoms with Crippen molar-refractivity contribution in [1.82, 2.24) is 15.0 Å². The first kappa shape index (κ1) is 6.09. The number of pyridine rings is 1.